The maximum Gasteiger partial charge on any atom is 0.280 e. The van der Waals surface area contributed by atoms with Crippen molar-refractivity contribution < 1.29 is 17.7 Å². The van der Waals surface area contributed by atoms with Crippen LogP contribution >= 0.6 is 11.3 Å². The third kappa shape index (κ3) is 4.85. The molecule has 8 heterocycles. The molecule has 0 radical (unpaired) electrons. The Bertz CT molecular complexity index is 2180. The fourth-order valence-electron chi connectivity index (χ4n) is 7.93. The lowest BCUT2D eigenvalue weighted by Gasteiger charge is -2.23. The van der Waals surface area contributed by atoms with Gasteiger partial charge < -0.3 is 14.6 Å². The largest absolute Gasteiger partial charge is 0.381 e. The molecule has 0 unspecified atom stereocenters. The summed E-state index contributed by atoms with van der Waals surface area (Å²) in [6, 6.07) is 9.29. The van der Waals surface area contributed by atoms with Gasteiger partial charge in [-0.15, -0.1) is 11.3 Å². The van der Waals surface area contributed by atoms with Crippen LogP contribution in [-0.4, -0.2) is 52.6 Å². The maximum absolute atomic E-state index is 14.3. The quantitative estimate of drug-likeness (QED) is 0.213. The molecule has 2 saturated heterocycles. The minimum atomic E-state index is -3.84. The molecule has 9 rings (SSSR count). The molecule has 0 spiro atoms. The van der Waals surface area contributed by atoms with E-state index in [9.17, 15) is 13.2 Å². The number of aromatic nitrogens is 4. The Morgan fingerprint density at radius 1 is 1.06 bits per heavy atom. The van der Waals surface area contributed by atoms with Crippen LogP contribution in [0.3, 0.4) is 0 Å². The number of aromatic amines is 1. The number of nitrogens with zero attached hydrogens (tertiary/aromatic N) is 4. The summed E-state index contributed by atoms with van der Waals surface area (Å²) in [5, 5.41) is 7.06. The molecule has 13 heteroatoms. The number of rotatable bonds is 7. The van der Waals surface area contributed by atoms with Crippen LogP contribution in [0.5, 0.6) is 0 Å². The molecule has 0 bridgehead atoms. The second-order valence-electron chi connectivity index (χ2n) is 12.9. The van der Waals surface area contributed by atoms with Gasteiger partial charge in [0.1, 0.15) is 10.7 Å². The highest BCUT2D eigenvalue weighted by atomic mass is 32.2. The van der Waals surface area contributed by atoms with Crippen molar-refractivity contribution >= 4 is 37.3 Å². The number of hydrogen-bond acceptors (Lipinski definition) is 10. The highest BCUT2D eigenvalue weighted by Crippen LogP contribution is 2.53. The average molecular weight is 671 g/mol. The molecule has 0 aromatic carbocycles. The summed E-state index contributed by atoms with van der Waals surface area (Å²) in [6.07, 6.45) is 10.5. The van der Waals surface area contributed by atoms with Crippen molar-refractivity contribution in [3.05, 3.63) is 75.7 Å². The van der Waals surface area contributed by atoms with Crippen LogP contribution in [0.15, 0.2) is 56.9 Å². The molecule has 2 fully saturated rings. The SMILES string of the molecule is O=c1cc(-c2c(CCC3CCOCC3)nc3c(c2-c2cc4ccnc(N[C@@H]5CCc6ncccc65)c4s2)S(=O)(=O)N2CCC[C@@H]32)o[nH]1. The van der Waals surface area contributed by atoms with Gasteiger partial charge in [-0.2, -0.15) is 9.46 Å². The van der Waals surface area contributed by atoms with Gasteiger partial charge in [0.15, 0.2) is 5.76 Å². The number of ether oxygens (including phenoxy) is 1. The number of anilines is 1. The summed E-state index contributed by atoms with van der Waals surface area (Å²) in [5.74, 6) is 1.54. The van der Waals surface area contributed by atoms with E-state index < -0.39 is 10.0 Å². The number of H-pyrrole nitrogens is 1. The van der Waals surface area contributed by atoms with Crippen molar-refractivity contribution in [1.29, 1.82) is 0 Å². The minimum Gasteiger partial charge on any atom is -0.381 e. The van der Waals surface area contributed by atoms with E-state index in [0.717, 1.165) is 90.3 Å². The predicted molar refractivity (Wildman–Crippen MR) is 178 cm³/mol. The van der Waals surface area contributed by atoms with Crippen LogP contribution < -0.4 is 10.9 Å². The van der Waals surface area contributed by atoms with Crippen LogP contribution in [0.25, 0.3) is 31.9 Å². The second kappa shape index (κ2) is 11.4. The molecule has 47 heavy (non-hydrogen) atoms. The molecule has 4 aliphatic rings. The fraction of sp³-hybridized carbons (Fsp3) is 0.412. The summed E-state index contributed by atoms with van der Waals surface area (Å²) in [7, 11) is -3.84. The van der Waals surface area contributed by atoms with Crippen LogP contribution in [0.4, 0.5) is 5.82 Å². The van der Waals surface area contributed by atoms with E-state index >= 15 is 0 Å². The van der Waals surface area contributed by atoms with E-state index in [1.807, 2.05) is 24.4 Å². The Morgan fingerprint density at radius 2 is 1.96 bits per heavy atom. The van der Waals surface area contributed by atoms with Gasteiger partial charge in [-0.25, -0.2) is 13.4 Å². The average Bonchev–Trinajstić information content (AvgIpc) is 3.92. The van der Waals surface area contributed by atoms with Crippen molar-refractivity contribution in [1.82, 2.24) is 24.4 Å². The number of thiophene rings is 1. The molecule has 5 aromatic rings. The zero-order valence-corrected chi connectivity index (χ0v) is 27.3. The molecule has 242 valence electrons. The Labute approximate surface area is 275 Å². The van der Waals surface area contributed by atoms with Gasteiger partial charge in [0.25, 0.3) is 5.56 Å². The van der Waals surface area contributed by atoms with Gasteiger partial charge in [-0.1, -0.05) is 6.07 Å². The first-order valence-corrected chi connectivity index (χ1v) is 18.7. The Kier molecular flexibility index (Phi) is 7.07. The van der Waals surface area contributed by atoms with E-state index in [1.54, 1.807) is 10.5 Å². The normalized spacial score (nSPS) is 22.0. The molecule has 0 saturated carbocycles. The Morgan fingerprint density at radius 3 is 2.81 bits per heavy atom. The number of aryl methyl sites for hydroxylation is 2. The van der Waals surface area contributed by atoms with Gasteiger partial charge in [0.05, 0.1) is 39.8 Å². The van der Waals surface area contributed by atoms with E-state index in [-0.39, 0.29) is 22.5 Å². The highest BCUT2D eigenvalue weighted by Gasteiger charge is 2.49. The van der Waals surface area contributed by atoms with Crippen molar-refractivity contribution in [2.45, 2.75) is 68.3 Å². The third-order valence-corrected chi connectivity index (χ3v) is 13.4. The van der Waals surface area contributed by atoms with Crippen molar-refractivity contribution in [3.8, 4) is 21.8 Å². The van der Waals surface area contributed by atoms with Gasteiger partial charge in [-0.05, 0) is 86.4 Å². The van der Waals surface area contributed by atoms with Crippen LogP contribution in [-0.2, 0) is 27.6 Å². The zero-order chi connectivity index (χ0) is 31.7. The molecule has 2 atom stereocenters. The smallest absolute Gasteiger partial charge is 0.280 e. The third-order valence-electron chi connectivity index (χ3n) is 10.2. The number of fused-ring (bicyclic) bond motifs is 5. The standard InChI is InChI=1S/C34H34N6O5S2/c41-28-18-26(45-39-28)29-24(6-5-19-10-15-44-16-11-19)37-31-25-4-2-14-40(25)47(42,43)33(31)30(29)27-17-20-9-13-36-34(32(20)46-27)38-23-8-7-22-21(23)3-1-12-35-22/h1,3,9,12-13,17-19,23,25H,2,4-8,10-11,14-16H2,(H,36,38)(H,39,41)/t23-,25+/m1/s1. The Hall–Kier alpha value is -3.91. The van der Waals surface area contributed by atoms with Gasteiger partial charge in [-0.3, -0.25) is 14.8 Å². The number of nitrogens with one attached hydrogen (secondary N) is 2. The minimum absolute atomic E-state index is 0.0848. The number of sulfonamides is 1. The van der Waals surface area contributed by atoms with Gasteiger partial charge in [0.2, 0.25) is 10.0 Å². The molecule has 11 nitrogen and oxygen atoms in total. The zero-order valence-electron chi connectivity index (χ0n) is 25.7. The second-order valence-corrected chi connectivity index (χ2v) is 15.8. The molecular formula is C34H34N6O5S2. The maximum atomic E-state index is 14.3. The monoisotopic (exact) mass is 670 g/mol. The molecule has 2 N–H and O–H groups in total. The highest BCUT2D eigenvalue weighted by molar-refractivity contribution is 7.89. The van der Waals surface area contributed by atoms with Crippen molar-refractivity contribution in [2.75, 3.05) is 25.1 Å². The van der Waals surface area contributed by atoms with Crippen LogP contribution in [0.1, 0.15) is 73.3 Å². The first-order valence-electron chi connectivity index (χ1n) is 16.4. The van der Waals surface area contributed by atoms with Crippen molar-refractivity contribution in [2.24, 2.45) is 5.92 Å². The summed E-state index contributed by atoms with van der Waals surface area (Å²) in [4.78, 5) is 27.9. The molecule has 0 amide bonds. The summed E-state index contributed by atoms with van der Waals surface area (Å²) in [5.41, 5.74) is 4.42. The Balaban J connectivity index is 1.23. The summed E-state index contributed by atoms with van der Waals surface area (Å²) in [6.45, 7) is 1.96. The predicted octanol–water partition coefficient (Wildman–Crippen LogP) is 6.00. The van der Waals surface area contributed by atoms with E-state index in [4.69, 9.17) is 19.2 Å². The van der Waals surface area contributed by atoms with Crippen LogP contribution in [0, 0.1) is 5.92 Å². The topological polar surface area (TPSA) is 143 Å². The lowest BCUT2D eigenvalue weighted by Crippen LogP contribution is -2.23. The molecule has 5 aromatic heterocycles. The van der Waals surface area contributed by atoms with Gasteiger partial charge >= 0.3 is 0 Å². The first kappa shape index (κ1) is 29.2. The number of pyridine rings is 3. The van der Waals surface area contributed by atoms with E-state index in [2.05, 4.69) is 21.5 Å². The van der Waals surface area contributed by atoms with E-state index in [0.29, 0.717) is 41.5 Å². The van der Waals surface area contributed by atoms with E-state index in [1.165, 1.54) is 23.0 Å². The lowest BCUT2D eigenvalue weighted by molar-refractivity contribution is 0.0639. The summed E-state index contributed by atoms with van der Waals surface area (Å²) < 4.78 is 42.6. The van der Waals surface area contributed by atoms with Crippen molar-refractivity contribution in [3.63, 3.8) is 0 Å². The molecular weight excluding hydrogens is 637 g/mol. The first-order chi connectivity index (χ1) is 23.0. The molecule has 1 aliphatic carbocycles. The van der Waals surface area contributed by atoms with Gasteiger partial charge in [0, 0.05) is 48.3 Å². The summed E-state index contributed by atoms with van der Waals surface area (Å²) >= 11 is 1.51. The lowest BCUT2D eigenvalue weighted by atomic mass is 9.91. The number of hydrogen-bond donors (Lipinski definition) is 2. The fourth-order valence-corrected chi connectivity index (χ4v) is 11.2. The van der Waals surface area contributed by atoms with Crippen LogP contribution in [0.2, 0.25) is 0 Å². The molecule has 3 aliphatic heterocycles.